The molecule has 4 aliphatic carbocycles. The number of carbonyl (C=O) groups is 1. The fourth-order valence-corrected chi connectivity index (χ4v) is 10.5. The van der Waals surface area contributed by atoms with Crippen LogP contribution in [0.5, 0.6) is 5.75 Å². The molecule has 4 aliphatic rings. The van der Waals surface area contributed by atoms with Crippen LogP contribution >= 0.6 is 0 Å². The molecule has 248 valence electrons. The number of alkyl halides is 6. The van der Waals surface area contributed by atoms with Crippen LogP contribution in [0.25, 0.3) is 0 Å². The maximum atomic E-state index is 16.3. The smallest absolute Gasteiger partial charge is 0.453 e. The van der Waals surface area contributed by atoms with E-state index >= 15 is 4.39 Å². The van der Waals surface area contributed by atoms with Gasteiger partial charge < -0.3 is 5.11 Å². The Balaban J connectivity index is 1.07. The number of hydrogen-bond acceptors (Lipinski definition) is 3. The molecular formula is C34H46F6O3S. The standard InChI is InChI=1S/C34H46F6O3S/c1-31-15-13-24-23-12-11-22(41)20-26(23)30(35)25(29(24)27(31)21-28(42)32(31)16-17-32)10-7-5-3-2-4-6-8-18-44(43)19-9-14-33(36,37)34(38,39)40/h11-12,20,24-25,27,29-30,41H,2-10,13-19,21H2,1H3/t24?,25-,27?,29?,30?,31-,44?/m0/s1. The molecule has 0 aliphatic heterocycles. The lowest BCUT2D eigenvalue weighted by atomic mass is 9.50. The van der Waals surface area contributed by atoms with E-state index in [2.05, 4.69) is 6.92 Å². The third-order valence-corrected chi connectivity index (χ3v) is 13.3. The van der Waals surface area contributed by atoms with Gasteiger partial charge in [0.25, 0.3) is 0 Å². The van der Waals surface area contributed by atoms with Gasteiger partial charge in [-0.2, -0.15) is 22.0 Å². The monoisotopic (exact) mass is 648 g/mol. The summed E-state index contributed by atoms with van der Waals surface area (Å²) in [6.07, 6.45) is 2.90. The molecule has 1 spiro atoms. The second-order valence-corrected chi connectivity index (χ2v) is 15.9. The quantitative estimate of drug-likeness (QED) is 0.161. The number of phenols is 1. The van der Waals surface area contributed by atoms with Gasteiger partial charge in [-0.15, -0.1) is 0 Å². The van der Waals surface area contributed by atoms with Gasteiger partial charge in [0, 0.05) is 40.6 Å². The van der Waals surface area contributed by atoms with Crippen LogP contribution in [0.2, 0.25) is 0 Å². The molecule has 1 N–H and O–H groups in total. The molecule has 0 aromatic heterocycles. The maximum Gasteiger partial charge on any atom is 0.453 e. The molecule has 0 radical (unpaired) electrons. The number of fused-ring (bicyclic) bond motifs is 6. The number of unbranched alkanes of at least 4 members (excludes halogenated alkanes) is 6. The first-order chi connectivity index (χ1) is 20.7. The zero-order valence-electron chi connectivity index (χ0n) is 25.6. The van der Waals surface area contributed by atoms with E-state index < -0.39 is 41.9 Å². The van der Waals surface area contributed by atoms with Crippen molar-refractivity contribution >= 4 is 16.6 Å². The summed E-state index contributed by atoms with van der Waals surface area (Å²) >= 11 is 0. The molecule has 3 nitrogen and oxygen atoms in total. The molecule has 10 heteroatoms. The highest BCUT2D eigenvalue weighted by molar-refractivity contribution is 7.84. The summed E-state index contributed by atoms with van der Waals surface area (Å²) in [5.74, 6) is -3.73. The van der Waals surface area contributed by atoms with Crippen molar-refractivity contribution in [1.29, 1.82) is 0 Å². The first-order valence-corrected chi connectivity index (χ1v) is 18.0. The molecule has 1 aromatic carbocycles. The minimum Gasteiger partial charge on any atom is -0.508 e. The number of ketones is 1. The van der Waals surface area contributed by atoms with E-state index in [0.29, 0.717) is 29.9 Å². The number of rotatable bonds is 14. The van der Waals surface area contributed by atoms with Gasteiger partial charge in [-0.1, -0.05) is 51.5 Å². The third kappa shape index (κ3) is 6.35. The van der Waals surface area contributed by atoms with Crippen LogP contribution in [-0.2, 0) is 15.6 Å². The van der Waals surface area contributed by atoms with Gasteiger partial charge in [-0.3, -0.25) is 9.00 Å². The van der Waals surface area contributed by atoms with E-state index in [1.165, 1.54) is 0 Å². The molecule has 0 amide bonds. The first kappa shape index (κ1) is 33.8. The van der Waals surface area contributed by atoms with Crippen LogP contribution < -0.4 is 0 Å². The molecule has 3 saturated carbocycles. The molecule has 7 atom stereocenters. The fraction of sp³-hybridized carbons (Fsp3) is 0.794. The van der Waals surface area contributed by atoms with E-state index in [-0.39, 0.29) is 46.0 Å². The molecule has 5 rings (SSSR count). The lowest BCUT2D eigenvalue weighted by Crippen LogP contribution is -2.47. The second kappa shape index (κ2) is 12.9. The Labute approximate surface area is 259 Å². The Bertz CT molecular complexity index is 1210. The molecule has 5 unspecified atom stereocenters. The van der Waals surface area contributed by atoms with E-state index in [9.17, 15) is 36.1 Å². The van der Waals surface area contributed by atoms with Crippen LogP contribution in [-0.4, -0.2) is 38.7 Å². The Morgan fingerprint density at radius 3 is 2.20 bits per heavy atom. The number of halogens is 6. The zero-order chi connectivity index (χ0) is 31.9. The Morgan fingerprint density at radius 2 is 1.55 bits per heavy atom. The van der Waals surface area contributed by atoms with Crippen LogP contribution in [0.3, 0.4) is 0 Å². The Kier molecular flexibility index (Phi) is 9.90. The van der Waals surface area contributed by atoms with Crippen molar-refractivity contribution in [3.63, 3.8) is 0 Å². The highest BCUT2D eigenvalue weighted by atomic mass is 32.2. The number of benzene rings is 1. The van der Waals surface area contributed by atoms with Crippen LogP contribution in [0, 0.1) is 28.6 Å². The van der Waals surface area contributed by atoms with E-state index in [1.807, 2.05) is 6.07 Å². The summed E-state index contributed by atoms with van der Waals surface area (Å²) in [6.45, 7) is 2.30. The van der Waals surface area contributed by atoms with Gasteiger partial charge in [-0.05, 0) is 97.3 Å². The number of carbonyl (C=O) groups excluding carboxylic acids is 1. The van der Waals surface area contributed by atoms with Gasteiger partial charge >= 0.3 is 12.1 Å². The number of hydrogen-bond donors (Lipinski definition) is 1. The van der Waals surface area contributed by atoms with Gasteiger partial charge in [0.2, 0.25) is 0 Å². The second-order valence-electron chi connectivity index (χ2n) is 14.3. The van der Waals surface area contributed by atoms with Gasteiger partial charge in [0.15, 0.2) is 0 Å². The molecule has 44 heavy (non-hydrogen) atoms. The fourth-order valence-electron chi connectivity index (χ4n) is 9.27. The topological polar surface area (TPSA) is 54.4 Å². The largest absolute Gasteiger partial charge is 0.508 e. The SMILES string of the molecule is C[C@]12CCC3c4ccc(O)cc4C(F)[C@@H](CCCCCCCCCS(=O)CCCC(F)(F)C(F)(F)F)C3C1CC(=O)C21CC1. The molecule has 1 aromatic rings. The molecule has 3 fully saturated rings. The predicted octanol–water partition coefficient (Wildman–Crippen LogP) is 9.75. The lowest BCUT2D eigenvalue weighted by molar-refractivity contribution is -0.284. The van der Waals surface area contributed by atoms with Gasteiger partial charge in [0.05, 0.1) is 0 Å². The summed E-state index contributed by atoms with van der Waals surface area (Å²) in [4.78, 5) is 13.2. The average Bonchev–Trinajstić information content (AvgIpc) is 3.74. The first-order valence-electron chi connectivity index (χ1n) is 16.5. The highest BCUT2D eigenvalue weighted by Crippen LogP contribution is 2.75. The maximum absolute atomic E-state index is 16.3. The third-order valence-electron chi connectivity index (χ3n) is 11.8. The van der Waals surface area contributed by atoms with Crippen molar-refractivity contribution in [2.75, 3.05) is 11.5 Å². The van der Waals surface area contributed by atoms with Crippen LogP contribution in [0.4, 0.5) is 26.3 Å². The number of Topliss-reactive ketones (excluding diaryl/α,β-unsaturated/α-hetero) is 1. The van der Waals surface area contributed by atoms with E-state index in [4.69, 9.17) is 0 Å². The molecule has 0 saturated heterocycles. The Hall–Kier alpha value is -1.58. The number of phenolic OH excluding ortho intramolecular Hbond substituents is 1. The summed E-state index contributed by atoms with van der Waals surface area (Å²) in [5.41, 5.74) is 1.41. The predicted molar refractivity (Wildman–Crippen MR) is 159 cm³/mol. The molecule has 0 heterocycles. The summed E-state index contributed by atoms with van der Waals surface area (Å²) in [7, 11) is -1.40. The number of aromatic hydroxyl groups is 1. The normalized spacial score (nSPS) is 31.4. The lowest BCUT2D eigenvalue weighted by Gasteiger charge is -2.54. The van der Waals surface area contributed by atoms with Crippen LogP contribution in [0.1, 0.15) is 126 Å². The van der Waals surface area contributed by atoms with E-state index in [0.717, 1.165) is 76.2 Å². The highest BCUT2D eigenvalue weighted by Gasteiger charge is 2.72. The van der Waals surface area contributed by atoms with Crippen molar-refractivity contribution in [3.8, 4) is 5.75 Å². The summed E-state index contributed by atoms with van der Waals surface area (Å²) < 4.78 is 91.0. The molecule has 0 bridgehead atoms. The minimum atomic E-state index is -5.57. The van der Waals surface area contributed by atoms with Crippen LogP contribution in [0.15, 0.2) is 18.2 Å². The van der Waals surface area contributed by atoms with E-state index in [1.54, 1.807) is 12.1 Å². The van der Waals surface area contributed by atoms with Crippen molar-refractivity contribution in [1.82, 2.24) is 0 Å². The van der Waals surface area contributed by atoms with Gasteiger partial charge in [0.1, 0.15) is 17.7 Å². The average molecular weight is 649 g/mol. The summed E-state index contributed by atoms with van der Waals surface area (Å²) in [6, 6.07) is 5.17. The van der Waals surface area contributed by atoms with Gasteiger partial charge in [-0.25, -0.2) is 4.39 Å². The van der Waals surface area contributed by atoms with Crippen molar-refractivity contribution in [3.05, 3.63) is 29.3 Å². The van der Waals surface area contributed by atoms with Crippen molar-refractivity contribution in [2.45, 2.75) is 127 Å². The van der Waals surface area contributed by atoms with Crippen molar-refractivity contribution in [2.24, 2.45) is 28.6 Å². The summed E-state index contributed by atoms with van der Waals surface area (Å²) in [5, 5.41) is 10.2. The van der Waals surface area contributed by atoms with Crippen molar-refractivity contribution < 1.29 is 40.5 Å². The Morgan fingerprint density at radius 1 is 0.909 bits per heavy atom. The zero-order valence-corrected chi connectivity index (χ0v) is 26.4. The molecular weight excluding hydrogens is 602 g/mol. The minimum absolute atomic E-state index is 0.0462.